The van der Waals surface area contributed by atoms with Gasteiger partial charge < -0.3 is 10.6 Å². The molecule has 1 aromatic rings. The zero-order valence-electron chi connectivity index (χ0n) is 9.89. The van der Waals surface area contributed by atoms with Crippen LogP contribution < -0.4 is 10.6 Å². The summed E-state index contributed by atoms with van der Waals surface area (Å²) in [4.78, 5) is 11.8. The van der Waals surface area contributed by atoms with Gasteiger partial charge in [-0.05, 0) is 18.7 Å². The number of carbonyl (C=O) groups is 1. The molecule has 0 aliphatic heterocycles. The van der Waals surface area contributed by atoms with Gasteiger partial charge in [-0.2, -0.15) is 0 Å². The van der Waals surface area contributed by atoms with Crippen LogP contribution in [0.4, 0.5) is 5.69 Å². The van der Waals surface area contributed by atoms with Crippen LogP contribution in [0.2, 0.25) is 10.0 Å². The second-order valence-electron chi connectivity index (χ2n) is 3.80. The first kappa shape index (κ1) is 14.3. The van der Waals surface area contributed by atoms with Crippen LogP contribution in [0.15, 0.2) is 18.2 Å². The Morgan fingerprint density at radius 1 is 1.41 bits per heavy atom. The van der Waals surface area contributed by atoms with Crippen LogP contribution in [-0.2, 0) is 4.79 Å². The fourth-order valence-corrected chi connectivity index (χ4v) is 1.66. The van der Waals surface area contributed by atoms with Crippen molar-refractivity contribution in [3.63, 3.8) is 0 Å². The number of nitrogens with one attached hydrogen (secondary N) is 2. The van der Waals surface area contributed by atoms with Gasteiger partial charge in [0.2, 0.25) is 5.91 Å². The van der Waals surface area contributed by atoms with Crippen molar-refractivity contribution in [3.8, 4) is 0 Å². The van der Waals surface area contributed by atoms with Crippen molar-refractivity contribution in [2.45, 2.75) is 13.8 Å². The van der Waals surface area contributed by atoms with Gasteiger partial charge in [-0.3, -0.25) is 4.79 Å². The van der Waals surface area contributed by atoms with Gasteiger partial charge in [-0.1, -0.05) is 43.1 Å². The molecule has 1 unspecified atom stereocenters. The Labute approximate surface area is 111 Å². The predicted octanol–water partition coefficient (Wildman–Crippen LogP) is 3.18. The molecule has 0 bridgehead atoms. The summed E-state index contributed by atoms with van der Waals surface area (Å²) in [6.07, 6.45) is 0. The zero-order chi connectivity index (χ0) is 12.8. The standard InChI is InChI=1S/C12H16Cl2N2O/c1-3-15-7-8(2)12(17)16-10-6-4-5-9(13)11(10)14/h4-6,8,15H,3,7H2,1-2H3,(H,16,17). The molecule has 94 valence electrons. The molecule has 0 saturated carbocycles. The summed E-state index contributed by atoms with van der Waals surface area (Å²) < 4.78 is 0. The first-order valence-electron chi connectivity index (χ1n) is 5.51. The molecule has 5 heteroatoms. The van der Waals surface area contributed by atoms with E-state index < -0.39 is 0 Å². The second kappa shape index (κ2) is 6.84. The molecule has 0 heterocycles. The van der Waals surface area contributed by atoms with Crippen LogP contribution in [0, 0.1) is 5.92 Å². The van der Waals surface area contributed by atoms with E-state index in [1.54, 1.807) is 18.2 Å². The highest BCUT2D eigenvalue weighted by molar-refractivity contribution is 6.43. The molecule has 0 aliphatic carbocycles. The van der Waals surface area contributed by atoms with Crippen LogP contribution in [0.5, 0.6) is 0 Å². The summed E-state index contributed by atoms with van der Waals surface area (Å²) in [5.74, 6) is -0.194. The van der Waals surface area contributed by atoms with Gasteiger partial charge in [0.1, 0.15) is 0 Å². The lowest BCUT2D eigenvalue weighted by Gasteiger charge is -2.13. The largest absolute Gasteiger partial charge is 0.324 e. The molecule has 2 N–H and O–H groups in total. The summed E-state index contributed by atoms with van der Waals surface area (Å²) in [6.45, 7) is 5.34. The number of hydrogen-bond acceptors (Lipinski definition) is 2. The third kappa shape index (κ3) is 4.19. The highest BCUT2D eigenvalue weighted by atomic mass is 35.5. The summed E-state index contributed by atoms with van der Waals surface area (Å²) in [5, 5.41) is 6.69. The lowest BCUT2D eigenvalue weighted by Crippen LogP contribution is -2.30. The van der Waals surface area contributed by atoms with Crippen molar-refractivity contribution < 1.29 is 4.79 Å². The Morgan fingerprint density at radius 2 is 2.12 bits per heavy atom. The number of amides is 1. The molecular formula is C12H16Cl2N2O. The average Bonchev–Trinajstić information content (AvgIpc) is 2.31. The summed E-state index contributed by atoms with van der Waals surface area (Å²) >= 11 is 11.8. The number of hydrogen-bond donors (Lipinski definition) is 2. The lowest BCUT2D eigenvalue weighted by atomic mass is 10.1. The molecule has 0 aromatic heterocycles. The molecule has 0 radical (unpaired) electrons. The number of benzene rings is 1. The molecule has 0 fully saturated rings. The van der Waals surface area contributed by atoms with E-state index in [-0.39, 0.29) is 11.8 Å². The fourth-order valence-electron chi connectivity index (χ4n) is 1.31. The Hall–Kier alpha value is -0.770. The Kier molecular flexibility index (Phi) is 5.75. The Balaban J connectivity index is 2.64. The van der Waals surface area contributed by atoms with E-state index in [0.717, 1.165) is 6.54 Å². The van der Waals surface area contributed by atoms with Crippen molar-refractivity contribution in [1.82, 2.24) is 5.32 Å². The van der Waals surface area contributed by atoms with Gasteiger partial charge >= 0.3 is 0 Å². The molecule has 1 aromatic carbocycles. The highest BCUT2D eigenvalue weighted by Gasteiger charge is 2.14. The van der Waals surface area contributed by atoms with Crippen molar-refractivity contribution in [1.29, 1.82) is 0 Å². The minimum atomic E-state index is -0.120. The monoisotopic (exact) mass is 274 g/mol. The van der Waals surface area contributed by atoms with Crippen molar-refractivity contribution in [2.24, 2.45) is 5.92 Å². The highest BCUT2D eigenvalue weighted by Crippen LogP contribution is 2.29. The second-order valence-corrected chi connectivity index (χ2v) is 4.58. The Bertz CT molecular complexity index is 396. The Morgan fingerprint density at radius 3 is 2.76 bits per heavy atom. The maximum Gasteiger partial charge on any atom is 0.228 e. The molecule has 1 rings (SSSR count). The SMILES string of the molecule is CCNCC(C)C(=O)Nc1cccc(Cl)c1Cl. The smallest absolute Gasteiger partial charge is 0.228 e. The summed E-state index contributed by atoms with van der Waals surface area (Å²) in [5.41, 5.74) is 0.549. The van der Waals surface area contributed by atoms with E-state index >= 15 is 0 Å². The van der Waals surface area contributed by atoms with E-state index in [4.69, 9.17) is 23.2 Å². The van der Waals surface area contributed by atoms with Gasteiger partial charge in [0.15, 0.2) is 0 Å². The molecule has 0 saturated heterocycles. The first-order valence-corrected chi connectivity index (χ1v) is 6.27. The molecule has 1 amide bonds. The van der Waals surface area contributed by atoms with Gasteiger partial charge in [-0.15, -0.1) is 0 Å². The maximum atomic E-state index is 11.8. The lowest BCUT2D eigenvalue weighted by molar-refractivity contribution is -0.119. The van der Waals surface area contributed by atoms with Gasteiger partial charge in [0.05, 0.1) is 15.7 Å². The molecule has 0 spiro atoms. The molecule has 0 aliphatic rings. The molecule has 1 atom stereocenters. The molecular weight excluding hydrogens is 259 g/mol. The van der Waals surface area contributed by atoms with Crippen molar-refractivity contribution >= 4 is 34.8 Å². The van der Waals surface area contributed by atoms with Crippen LogP contribution in [-0.4, -0.2) is 19.0 Å². The zero-order valence-corrected chi connectivity index (χ0v) is 11.4. The minimum Gasteiger partial charge on any atom is -0.324 e. The quantitative estimate of drug-likeness (QED) is 0.866. The van der Waals surface area contributed by atoms with E-state index in [1.807, 2.05) is 13.8 Å². The van der Waals surface area contributed by atoms with Crippen LogP contribution in [0.1, 0.15) is 13.8 Å². The molecule has 3 nitrogen and oxygen atoms in total. The van der Waals surface area contributed by atoms with Crippen LogP contribution in [0.3, 0.4) is 0 Å². The topological polar surface area (TPSA) is 41.1 Å². The summed E-state index contributed by atoms with van der Waals surface area (Å²) in [6, 6.07) is 5.16. The minimum absolute atomic E-state index is 0.0740. The van der Waals surface area contributed by atoms with E-state index in [1.165, 1.54) is 0 Å². The normalized spacial score (nSPS) is 12.2. The van der Waals surface area contributed by atoms with E-state index in [9.17, 15) is 4.79 Å². The number of halogens is 2. The number of anilines is 1. The summed E-state index contributed by atoms with van der Waals surface area (Å²) in [7, 11) is 0. The first-order chi connectivity index (χ1) is 8.06. The number of rotatable bonds is 5. The van der Waals surface area contributed by atoms with Crippen molar-refractivity contribution in [2.75, 3.05) is 18.4 Å². The van der Waals surface area contributed by atoms with Crippen LogP contribution in [0.25, 0.3) is 0 Å². The average molecular weight is 275 g/mol. The third-order valence-electron chi connectivity index (χ3n) is 2.36. The van der Waals surface area contributed by atoms with Gasteiger partial charge in [0.25, 0.3) is 0 Å². The number of carbonyl (C=O) groups excluding carboxylic acids is 1. The molecule has 17 heavy (non-hydrogen) atoms. The van der Waals surface area contributed by atoms with Crippen molar-refractivity contribution in [3.05, 3.63) is 28.2 Å². The van der Waals surface area contributed by atoms with Gasteiger partial charge in [0, 0.05) is 12.5 Å². The maximum absolute atomic E-state index is 11.8. The van der Waals surface area contributed by atoms with E-state index in [0.29, 0.717) is 22.3 Å². The third-order valence-corrected chi connectivity index (χ3v) is 3.18. The van der Waals surface area contributed by atoms with Gasteiger partial charge in [-0.25, -0.2) is 0 Å². The van der Waals surface area contributed by atoms with Crippen LogP contribution >= 0.6 is 23.2 Å². The predicted molar refractivity (Wildman–Crippen MR) is 72.8 cm³/mol. The van der Waals surface area contributed by atoms with E-state index in [2.05, 4.69) is 10.6 Å². The fraction of sp³-hybridized carbons (Fsp3) is 0.417.